The van der Waals surface area contributed by atoms with Gasteiger partial charge < -0.3 is 59.7 Å². The Bertz CT molecular complexity index is 1480. The quantitative estimate of drug-likeness (QED) is 0.0409. The van der Waals surface area contributed by atoms with E-state index in [1.807, 2.05) is 5.32 Å². The summed E-state index contributed by atoms with van der Waals surface area (Å²) >= 11 is 0. The number of unbranched alkanes of at least 4 members (excludes halogenated alkanes) is 1. The van der Waals surface area contributed by atoms with Crippen molar-refractivity contribution in [2.75, 3.05) is 13.2 Å². The summed E-state index contributed by atoms with van der Waals surface area (Å²) in [6, 6.07) is 10.3. The van der Waals surface area contributed by atoms with Gasteiger partial charge in [0, 0.05) is 12.8 Å². The largest absolute Gasteiger partial charge is 0.394 e. The monoisotopic (exact) mass is 713 g/mol. The van der Waals surface area contributed by atoms with Gasteiger partial charge in [-0.05, 0) is 36.9 Å². The lowest BCUT2D eigenvalue weighted by Gasteiger charge is -2.26. The van der Waals surface area contributed by atoms with Crippen LogP contribution in [-0.4, -0.2) is 101 Å². The number of nitrogens with one attached hydrogen (secondary N) is 5. The Morgan fingerprint density at radius 1 is 0.608 bits per heavy atom. The van der Waals surface area contributed by atoms with Crippen LogP contribution in [0.3, 0.4) is 0 Å². The van der Waals surface area contributed by atoms with E-state index in [0.29, 0.717) is 24.0 Å². The van der Waals surface area contributed by atoms with Crippen molar-refractivity contribution in [2.45, 2.75) is 75.0 Å². The normalized spacial score (nSPS) is 14.4. The average Bonchev–Trinajstić information content (AvgIpc) is 3.10. The highest BCUT2D eigenvalue weighted by atomic mass is 16.3. The van der Waals surface area contributed by atoms with Crippen molar-refractivity contribution in [1.82, 2.24) is 26.6 Å². The number of primary amides is 2. The molecule has 18 heteroatoms. The molecule has 2 rings (SSSR count). The fraction of sp³-hybridized carbons (Fsp3) is 0.424. The fourth-order valence-electron chi connectivity index (χ4n) is 4.76. The molecule has 0 saturated carbocycles. The second-order valence-electron chi connectivity index (χ2n) is 11.7. The molecular weight excluding hydrogens is 666 g/mol. The van der Waals surface area contributed by atoms with Crippen molar-refractivity contribution in [3.05, 3.63) is 71.8 Å². The van der Waals surface area contributed by atoms with E-state index < -0.39 is 90.8 Å². The maximum Gasteiger partial charge on any atom is 0.270 e. The molecule has 1 unspecified atom stereocenters. The first-order chi connectivity index (χ1) is 24.2. The summed E-state index contributed by atoms with van der Waals surface area (Å²) < 4.78 is 0. The molecule has 0 fully saturated rings. The van der Waals surface area contributed by atoms with E-state index in [1.165, 1.54) is 0 Å². The highest BCUT2D eigenvalue weighted by molar-refractivity contribution is 5.97. The van der Waals surface area contributed by atoms with Crippen molar-refractivity contribution >= 4 is 41.4 Å². The Labute approximate surface area is 294 Å². The van der Waals surface area contributed by atoms with Gasteiger partial charge in [-0.3, -0.25) is 33.6 Å². The van der Waals surface area contributed by atoms with E-state index in [2.05, 4.69) is 21.3 Å². The van der Waals surface area contributed by atoms with E-state index in [9.17, 15) is 43.8 Å². The summed E-state index contributed by atoms with van der Waals surface area (Å²) in [5, 5.41) is 31.3. The molecule has 278 valence electrons. The molecule has 6 atom stereocenters. The number of hydrogen-bond acceptors (Lipinski definition) is 11. The summed E-state index contributed by atoms with van der Waals surface area (Å²) in [5.74, 6) is -6.88. The number of hydrogen-bond donors (Lipinski definition) is 11. The van der Waals surface area contributed by atoms with Gasteiger partial charge in [-0.25, -0.2) is 0 Å². The van der Waals surface area contributed by atoms with Gasteiger partial charge in [-0.2, -0.15) is 0 Å². The molecule has 15 N–H and O–H groups in total. The zero-order valence-corrected chi connectivity index (χ0v) is 28.0. The van der Waals surface area contributed by atoms with E-state index in [1.54, 1.807) is 60.7 Å². The third-order valence-electron chi connectivity index (χ3n) is 7.54. The van der Waals surface area contributed by atoms with Gasteiger partial charge in [0.05, 0.1) is 13.0 Å². The van der Waals surface area contributed by atoms with Gasteiger partial charge in [0.2, 0.25) is 41.7 Å². The van der Waals surface area contributed by atoms with E-state index in [4.69, 9.17) is 22.9 Å². The van der Waals surface area contributed by atoms with Crippen LogP contribution in [-0.2, 0) is 46.4 Å². The van der Waals surface area contributed by atoms with Crippen LogP contribution in [0.4, 0.5) is 0 Å². The van der Waals surface area contributed by atoms with Gasteiger partial charge in [-0.1, -0.05) is 60.7 Å². The van der Waals surface area contributed by atoms with Crippen molar-refractivity contribution in [3.8, 4) is 0 Å². The molecule has 2 aromatic rings. The third-order valence-corrected chi connectivity index (χ3v) is 7.54. The SMILES string of the molecule is NCCCC[C@H](NC(=O)[C@H](Cc1ccccc1)NC(=O)[C@@H](N)CO)C(=O)N[C@@H](CC(N)=O)C(=O)NC(O)C(=O)N[C@@H](Cc1ccccc1)C(N)=O. The minimum atomic E-state index is -2.24. The van der Waals surface area contributed by atoms with Crippen molar-refractivity contribution in [1.29, 1.82) is 0 Å². The van der Waals surface area contributed by atoms with Crippen LogP contribution >= 0.6 is 0 Å². The second-order valence-corrected chi connectivity index (χ2v) is 11.7. The zero-order valence-electron chi connectivity index (χ0n) is 28.0. The smallest absolute Gasteiger partial charge is 0.270 e. The van der Waals surface area contributed by atoms with Crippen LogP contribution in [0.25, 0.3) is 0 Å². The number of aliphatic hydroxyl groups is 2. The topological polar surface area (TPSA) is 324 Å². The molecule has 0 radical (unpaired) electrons. The standard InChI is InChI=1S/C33H47N9O9/c34-14-8-7-13-22(38-30(48)24(40-28(46)21(35)18-43)16-20-11-5-2-6-12-20)29(47)41-25(17-26(36)44)31(49)42-33(51)32(50)39-23(27(37)45)15-19-9-3-1-4-10-19/h1-6,9-12,21-25,33,43,51H,7-8,13-18,34-35H2,(H2,36,44)(H2,37,45)(H,38,48)(H,39,50)(H,40,46)(H,41,47)(H,42,49)/t21-,22-,23-,24-,25-,33?/m0/s1. The van der Waals surface area contributed by atoms with Gasteiger partial charge in [-0.15, -0.1) is 0 Å². The molecule has 0 aliphatic carbocycles. The van der Waals surface area contributed by atoms with Crippen LogP contribution < -0.4 is 49.5 Å². The van der Waals surface area contributed by atoms with E-state index in [-0.39, 0.29) is 25.8 Å². The first kappa shape index (κ1) is 41.7. The van der Waals surface area contributed by atoms with E-state index in [0.717, 1.165) is 0 Å². The number of rotatable bonds is 22. The molecule has 2 aromatic carbocycles. The highest BCUT2D eigenvalue weighted by Gasteiger charge is 2.33. The Morgan fingerprint density at radius 2 is 1.08 bits per heavy atom. The summed E-state index contributed by atoms with van der Waals surface area (Å²) in [4.78, 5) is 89.2. The Kier molecular flexibility index (Phi) is 17.7. The number of nitrogens with two attached hydrogens (primary N) is 4. The third kappa shape index (κ3) is 14.9. The average molecular weight is 714 g/mol. The molecule has 0 saturated heterocycles. The molecule has 7 amide bonds. The number of carbonyl (C=O) groups is 7. The van der Waals surface area contributed by atoms with Crippen LogP contribution in [0.2, 0.25) is 0 Å². The Morgan fingerprint density at radius 3 is 1.59 bits per heavy atom. The molecular formula is C33H47N9O9. The molecule has 51 heavy (non-hydrogen) atoms. The molecule has 0 aliphatic rings. The zero-order chi connectivity index (χ0) is 37.9. The predicted octanol–water partition coefficient (Wildman–Crippen LogP) is -4.35. The number of amides is 7. The number of benzene rings is 2. The minimum Gasteiger partial charge on any atom is -0.394 e. The van der Waals surface area contributed by atoms with Crippen molar-refractivity contribution in [3.63, 3.8) is 0 Å². The highest BCUT2D eigenvalue weighted by Crippen LogP contribution is 2.08. The summed E-state index contributed by atoms with van der Waals surface area (Å²) in [7, 11) is 0. The van der Waals surface area contributed by atoms with Gasteiger partial charge in [0.1, 0.15) is 30.2 Å². The van der Waals surface area contributed by atoms with Crippen LogP contribution in [0.5, 0.6) is 0 Å². The summed E-state index contributed by atoms with van der Waals surface area (Å²) in [5.41, 5.74) is 23.2. The predicted molar refractivity (Wildman–Crippen MR) is 183 cm³/mol. The maximum atomic E-state index is 13.5. The number of aliphatic hydroxyl groups excluding tert-OH is 2. The Balaban J connectivity index is 2.21. The lowest BCUT2D eigenvalue weighted by molar-refractivity contribution is -0.140. The van der Waals surface area contributed by atoms with Crippen LogP contribution in [0.1, 0.15) is 36.8 Å². The summed E-state index contributed by atoms with van der Waals surface area (Å²) in [6.45, 7) is -0.419. The van der Waals surface area contributed by atoms with Crippen molar-refractivity contribution in [2.24, 2.45) is 22.9 Å². The van der Waals surface area contributed by atoms with E-state index >= 15 is 0 Å². The molecule has 0 aliphatic heterocycles. The van der Waals surface area contributed by atoms with Crippen molar-refractivity contribution < 1.29 is 43.8 Å². The van der Waals surface area contributed by atoms with Crippen LogP contribution in [0.15, 0.2) is 60.7 Å². The molecule has 0 heterocycles. The molecule has 0 bridgehead atoms. The fourth-order valence-corrected chi connectivity index (χ4v) is 4.76. The molecule has 18 nitrogen and oxygen atoms in total. The molecule has 0 spiro atoms. The lowest BCUT2D eigenvalue weighted by atomic mass is 10.0. The minimum absolute atomic E-state index is 0.00960. The van der Waals surface area contributed by atoms with Gasteiger partial charge >= 0.3 is 0 Å². The Hall–Kier alpha value is -5.43. The molecule has 0 aromatic heterocycles. The first-order valence-electron chi connectivity index (χ1n) is 16.2. The first-order valence-corrected chi connectivity index (χ1v) is 16.2. The maximum absolute atomic E-state index is 13.5. The second kappa shape index (κ2) is 21.6. The van der Waals surface area contributed by atoms with Gasteiger partial charge in [0.25, 0.3) is 5.91 Å². The van der Waals surface area contributed by atoms with Crippen LogP contribution in [0, 0.1) is 0 Å². The number of carbonyl (C=O) groups excluding carboxylic acids is 7. The van der Waals surface area contributed by atoms with Gasteiger partial charge in [0.15, 0.2) is 0 Å². The summed E-state index contributed by atoms with van der Waals surface area (Å²) in [6.07, 6.45) is -2.21. The lowest BCUT2D eigenvalue weighted by Crippen LogP contribution is -2.60.